The van der Waals surface area contributed by atoms with Crippen molar-refractivity contribution >= 4 is 23.2 Å². The van der Waals surface area contributed by atoms with E-state index in [0.29, 0.717) is 22.0 Å². The first-order valence-corrected chi connectivity index (χ1v) is 7.04. The lowest BCUT2D eigenvalue weighted by atomic mass is 10.0. The van der Waals surface area contributed by atoms with Crippen molar-refractivity contribution in [2.45, 2.75) is 0 Å². The van der Waals surface area contributed by atoms with Crippen LogP contribution in [0.2, 0.25) is 5.02 Å². The highest BCUT2D eigenvalue weighted by molar-refractivity contribution is 6.31. The van der Waals surface area contributed by atoms with Gasteiger partial charge in [0.2, 0.25) is 0 Å². The van der Waals surface area contributed by atoms with E-state index >= 15 is 0 Å². The lowest BCUT2D eigenvalue weighted by molar-refractivity contribution is 0.102. The summed E-state index contributed by atoms with van der Waals surface area (Å²) in [7, 11) is 0. The van der Waals surface area contributed by atoms with Crippen molar-refractivity contribution in [2.24, 2.45) is 0 Å². The monoisotopic (exact) mass is 309 g/mol. The Morgan fingerprint density at radius 1 is 1.05 bits per heavy atom. The number of nitrogens with one attached hydrogen (secondary N) is 1. The molecule has 1 N–H and O–H groups in total. The largest absolute Gasteiger partial charge is 0.322 e. The van der Waals surface area contributed by atoms with Gasteiger partial charge in [-0.15, -0.1) is 0 Å². The summed E-state index contributed by atoms with van der Waals surface area (Å²) in [5.74, 6) is -0.212. The molecule has 3 rings (SSSR count). The number of hydrogen-bond donors (Lipinski definition) is 1. The van der Waals surface area contributed by atoms with Gasteiger partial charge >= 0.3 is 0 Å². The Kier molecular flexibility index (Phi) is 4.12. The van der Waals surface area contributed by atoms with Crippen LogP contribution < -0.4 is 5.32 Å². The third kappa shape index (κ3) is 3.13. The van der Waals surface area contributed by atoms with E-state index in [1.165, 1.54) is 6.33 Å². The Bertz CT molecular complexity index is 806. The van der Waals surface area contributed by atoms with Crippen LogP contribution in [0.4, 0.5) is 5.69 Å². The zero-order valence-corrected chi connectivity index (χ0v) is 12.3. The summed E-state index contributed by atoms with van der Waals surface area (Å²) in [6, 6.07) is 16.1. The average Bonchev–Trinajstić information content (AvgIpc) is 2.56. The maximum atomic E-state index is 12.5. The van der Waals surface area contributed by atoms with Gasteiger partial charge in [-0.25, -0.2) is 9.97 Å². The molecule has 0 saturated heterocycles. The first-order chi connectivity index (χ1) is 10.7. The quantitative estimate of drug-likeness (QED) is 0.794. The van der Waals surface area contributed by atoms with Gasteiger partial charge in [-0.2, -0.15) is 0 Å². The fraction of sp³-hybridized carbons (Fsp3) is 0. The summed E-state index contributed by atoms with van der Waals surface area (Å²) < 4.78 is 0. The summed E-state index contributed by atoms with van der Waals surface area (Å²) in [4.78, 5) is 20.6. The number of aromatic nitrogens is 2. The number of benzene rings is 2. The summed E-state index contributed by atoms with van der Waals surface area (Å²) >= 11 is 5.93. The molecule has 2 aromatic carbocycles. The normalized spacial score (nSPS) is 10.2. The molecule has 108 valence electrons. The summed E-state index contributed by atoms with van der Waals surface area (Å²) in [5.41, 5.74) is 2.65. The fourth-order valence-corrected chi connectivity index (χ4v) is 2.31. The van der Waals surface area contributed by atoms with Gasteiger partial charge in [-0.1, -0.05) is 35.9 Å². The number of anilines is 1. The highest BCUT2D eigenvalue weighted by atomic mass is 35.5. The van der Waals surface area contributed by atoms with Gasteiger partial charge in [0.25, 0.3) is 5.91 Å². The van der Waals surface area contributed by atoms with Crippen LogP contribution in [0.15, 0.2) is 67.1 Å². The van der Waals surface area contributed by atoms with Crippen molar-refractivity contribution in [3.63, 3.8) is 0 Å². The third-order valence-electron chi connectivity index (χ3n) is 3.11. The van der Waals surface area contributed by atoms with E-state index in [1.54, 1.807) is 42.6 Å². The van der Waals surface area contributed by atoms with E-state index in [-0.39, 0.29) is 5.91 Å². The van der Waals surface area contributed by atoms with Gasteiger partial charge < -0.3 is 5.32 Å². The van der Waals surface area contributed by atoms with E-state index in [0.717, 1.165) is 5.56 Å². The minimum Gasteiger partial charge on any atom is -0.322 e. The lowest BCUT2D eigenvalue weighted by Crippen LogP contribution is -2.13. The second kappa shape index (κ2) is 6.37. The third-order valence-corrected chi connectivity index (χ3v) is 3.35. The van der Waals surface area contributed by atoms with Gasteiger partial charge in [-0.3, -0.25) is 4.79 Å². The first kappa shape index (κ1) is 14.2. The van der Waals surface area contributed by atoms with E-state index in [1.807, 2.05) is 18.2 Å². The lowest BCUT2D eigenvalue weighted by Gasteiger charge is -2.10. The smallest absolute Gasteiger partial charge is 0.256 e. The molecular weight excluding hydrogens is 298 g/mol. The van der Waals surface area contributed by atoms with Gasteiger partial charge in [-0.05, 0) is 30.3 Å². The topological polar surface area (TPSA) is 54.9 Å². The Morgan fingerprint density at radius 3 is 2.68 bits per heavy atom. The predicted molar refractivity (Wildman–Crippen MR) is 86.9 cm³/mol. The van der Waals surface area contributed by atoms with Crippen LogP contribution in [0.1, 0.15) is 10.4 Å². The zero-order chi connectivity index (χ0) is 15.4. The van der Waals surface area contributed by atoms with Crippen LogP contribution in [0, 0.1) is 0 Å². The van der Waals surface area contributed by atoms with Crippen molar-refractivity contribution in [3.8, 4) is 11.3 Å². The second-order valence-corrected chi connectivity index (χ2v) is 5.04. The second-order valence-electron chi connectivity index (χ2n) is 4.60. The molecule has 0 spiro atoms. The molecule has 1 aromatic heterocycles. The number of carbonyl (C=O) groups excluding carboxylic acids is 1. The summed E-state index contributed by atoms with van der Waals surface area (Å²) in [6.45, 7) is 0. The van der Waals surface area contributed by atoms with Crippen LogP contribution in [0.5, 0.6) is 0 Å². The van der Waals surface area contributed by atoms with E-state index in [2.05, 4.69) is 15.3 Å². The number of carbonyl (C=O) groups is 1. The van der Waals surface area contributed by atoms with Crippen molar-refractivity contribution in [1.82, 2.24) is 9.97 Å². The predicted octanol–water partition coefficient (Wildman–Crippen LogP) is 4.05. The average molecular weight is 310 g/mol. The minimum absolute atomic E-state index is 0.212. The first-order valence-electron chi connectivity index (χ1n) is 6.66. The molecule has 5 heteroatoms. The van der Waals surface area contributed by atoms with Crippen LogP contribution in [-0.4, -0.2) is 15.9 Å². The molecule has 0 aliphatic rings. The molecule has 1 heterocycles. The molecule has 4 nitrogen and oxygen atoms in total. The van der Waals surface area contributed by atoms with Gasteiger partial charge in [0.15, 0.2) is 0 Å². The number of halogens is 1. The van der Waals surface area contributed by atoms with Crippen LogP contribution in [0.3, 0.4) is 0 Å². The minimum atomic E-state index is -0.212. The maximum Gasteiger partial charge on any atom is 0.256 e. The van der Waals surface area contributed by atoms with E-state index in [9.17, 15) is 4.79 Å². The molecule has 1 amide bonds. The van der Waals surface area contributed by atoms with E-state index < -0.39 is 0 Å². The van der Waals surface area contributed by atoms with Gasteiger partial charge in [0.05, 0.1) is 5.69 Å². The highest BCUT2D eigenvalue weighted by Gasteiger charge is 2.13. The molecular formula is C17H12ClN3O. The molecule has 3 aromatic rings. The summed E-state index contributed by atoms with van der Waals surface area (Å²) in [6.07, 6.45) is 3.11. The maximum absolute atomic E-state index is 12.5. The molecule has 0 bridgehead atoms. The van der Waals surface area contributed by atoms with E-state index in [4.69, 9.17) is 11.6 Å². The number of rotatable bonds is 3. The van der Waals surface area contributed by atoms with Crippen LogP contribution in [-0.2, 0) is 0 Å². The van der Waals surface area contributed by atoms with Crippen LogP contribution >= 0.6 is 11.6 Å². The van der Waals surface area contributed by atoms with Crippen molar-refractivity contribution < 1.29 is 4.79 Å². The molecule has 22 heavy (non-hydrogen) atoms. The molecule has 0 aliphatic heterocycles. The standard InChI is InChI=1S/C17H12ClN3O/c18-12-4-3-5-13(10-12)21-17(22)15-7-2-1-6-14(15)16-8-9-19-11-20-16/h1-11H,(H,21,22). The molecule has 0 atom stereocenters. The zero-order valence-electron chi connectivity index (χ0n) is 11.5. The Morgan fingerprint density at radius 2 is 1.91 bits per heavy atom. The van der Waals surface area contributed by atoms with Crippen molar-refractivity contribution in [3.05, 3.63) is 77.7 Å². The Labute approximate surface area is 132 Å². The molecule has 0 aliphatic carbocycles. The Hall–Kier alpha value is -2.72. The van der Waals surface area contributed by atoms with Gasteiger partial charge in [0, 0.05) is 28.0 Å². The fourth-order valence-electron chi connectivity index (χ4n) is 2.12. The number of nitrogens with zero attached hydrogens (tertiary/aromatic N) is 2. The van der Waals surface area contributed by atoms with Crippen molar-refractivity contribution in [1.29, 1.82) is 0 Å². The molecule has 0 unspecified atom stereocenters. The van der Waals surface area contributed by atoms with Crippen LogP contribution in [0.25, 0.3) is 11.3 Å². The molecule has 0 radical (unpaired) electrons. The molecule has 0 fully saturated rings. The van der Waals surface area contributed by atoms with Gasteiger partial charge in [0.1, 0.15) is 6.33 Å². The Balaban J connectivity index is 1.93. The molecule has 0 saturated carbocycles. The SMILES string of the molecule is O=C(Nc1cccc(Cl)c1)c1ccccc1-c1ccncn1. The van der Waals surface area contributed by atoms with Crippen molar-refractivity contribution in [2.75, 3.05) is 5.32 Å². The summed E-state index contributed by atoms with van der Waals surface area (Å²) in [5, 5.41) is 3.41. The highest BCUT2D eigenvalue weighted by Crippen LogP contribution is 2.23. The number of amides is 1. The number of hydrogen-bond acceptors (Lipinski definition) is 3.